The molecular formula is C16H18N4. The summed E-state index contributed by atoms with van der Waals surface area (Å²) in [5.41, 5.74) is 3.17. The second-order valence-electron chi connectivity index (χ2n) is 4.95. The first-order chi connectivity index (χ1) is 9.76. The lowest BCUT2D eigenvalue weighted by molar-refractivity contribution is 0.557. The van der Waals surface area contributed by atoms with Gasteiger partial charge < -0.3 is 5.32 Å². The van der Waals surface area contributed by atoms with Crippen LogP contribution in [-0.4, -0.2) is 21.8 Å². The van der Waals surface area contributed by atoms with Gasteiger partial charge in [-0.25, -0.2) is 0 Å². The molecule has 4 heteroatoms. The Bertz CT molecular complexity index is 717. The van der Waals surface area contributed by atoms with E-state index >= 15 is 0 Å². The van der Waals surface area contributed by atoms with Gasteiger partial charge in [0, 0.05) is 30.7 Å². The SMILES string of the molecule is CNC(Cc1ccc2ccccc2n1)c1ccn(C)n1. The highest BCUT2D eigenvalue weighted by molar-refractivity contribution is 5.78. The van der Waals surface area contributed by atoms with Gasteiger partial charge in [0.05, 0.1) is 17.3 Å². The average Bonchev–Trinajstić information content (AvgIpc) is 2.91. The molecule has 102 valence electrons. The average molecular weight is 266 g/mol. The van der Waals surface area contributed by atoms with Crippen LogP contribution in [0.4, 0.5) is 0 Å². The summed E-state index contributed by atoms with van der Waals surface area (Å²) in [4.78, 5) is 4.72. The lowest BCUT2D eigenvalue weighted by atomic mass is 10.1. The maximum absolute atomic E-state index is 4.72. The van der Waals surface area contributed by atoms with Gasteiger partial charge in [0.2, 0.25) is 0 Å². The van der Waals surface area contributed by atoms with E-state index in [0.29, 0.717) is 0 Å². The van der Waals surface area contributed by atoms with Crippen LogP contribution in [-0.2, 0) is 13.5 Å². The van der Waals surface area contributed by atoms with Crippen LogP contribution in [0.15, 0.2) is 48.7 Å². The predicted molar refractivity (Wildman–Crippen MR) is 80.5 cm³/mol. The second kappa shape index (κ2) is 5.43. The van der Waals surface area contributed by atoms with E-state index in [-0.39, 0.29) is 6.04 Å². The number of aryl methyl sites for hydroxylation is 1. The van der Waals surface area contributed by atoms with E-state index in [1.807, 2.05) is 49.2 Å². The third-order valence-electron chi connectivity index (χ3n) is 3.51. The van der Waals surface area contributed by atoms with E-state index in [1.54, 1.807) is 0 Å². The minimum atomic E-state index is 0.185. The highest BCUT2D eigenvalue weighted by atomic mass is 15.3. The van der Waals surface area contributed by atoms with Crippen LogP contribution in [0.5, 0.6) is 0 Å². The summed E-state index contributed by atoms with van der Waals surface area (Å²) in [7, 11) is 3.89. The van der Waals surface area contributed by atoms with Gasteiger partial charge in [0.25, 0.3) is 0 Å². The van der Waals surface area contributed by atoms with Crippen molar-refractivity contribution in [2.75, 3.05) is 7.05 Å². The third-order valence-corrected chi connectivity index (χ3v) is 3.51. The summed E-state index contributed by atoms with van der Waals surface area (Å²) in [5.74, 6) is 0. The standard InChI is InChI=1S/C16H18N4/c1-17-16(15-9-10-20(2)19-15)11-13-8-7-12-5-3-4-6-14(12)18-13/h3-10,16-17H,11H2,1-2H3. The molecule has 20 heavy (non-hydrogen) atoms. The summed E-state index contributed by atoms with van der Waals surface area (Å²) in [6, 6.07) is 14.6. The maximum Gasteiger partial charge on any atom is 0.0797 e. The minimum Gasteiger partial charge on any atom is -0.311 e. The number of benzene rings is 1. The topological polar surface area (TPSA) is 42.7 Å². The largest absolute Gasteiger partial charge is 0.311 e. The molecule has 4 nitrogen and oxygen atoms in total. The van der Waals surface area contributed by atoms with Crippen molar-refractivity contribution in [3.8, 4) is 0 Å². The van der Waals surface area contributed by atoms with Gasteiger partial charge in [-0.15, -0.1) is 0 Å². The van der Waals surface area contributed by atoms with Crippen LogP contribution < -0.4 is 5.32 Å². The normalized spacial score (nSPS) is 12.7. The van der Waals surface area contributed by atoms with Crippen LogP contribution in [0.2, 0.25) is 0 Å². The fourth-order valence-corrected chi connectivity index (χ4v) is 2.40. The molecule has 0 bridgehead atoms. The molecule has 1 unspecified atom stereocenters. The van der Waals surface area contributed by atoms with Crippen molar-refractivity contribution in [1.29, 1.82) is 0 Å². The zero-order chi connectivity index (χ0) is 13.9. The van der Waals surface area contributed by atoms with Crippen LogP contribution in [0, 0.1) is 0 Å². The number of hydrogen-bond acceptors (Lipinski definition) is 3. The lowest BCUT2D eigenvalue weighted by Crippen LogP contribution is -2.20. The number of fused-ring (bicyclic) bond motifs is 1. The zero-order valence-electron chi connectivity index (χ0n) is 11.7. The Hall–Kier alpha value is -2.20. The summed E-state index contributed by atoms with van der Waals surface area (Å²) in [5, 5.41) is 8.96. The monoisotopic (exact) mass is 266 g/mol. The number of likely N-dealkylation sites (N-methyl/N-ethyl adjacent to an activating group) is 1. The fourth-order valence-electron chi connectivity index (χ4n) is 2.40. The van der Waals surface area contributed by atoms with E-state index in [4.69, 9.17) is 4.98 Å². The van der Waals surface area contributed by atoms with E-state index in [0.717, 1.165) is 23.3 Å². The molecule has 0 fully saturated rings. The molecule has 3 rings (SSSR count). The number of pyridine rings is 1. The van der Waals surface area contributed by atoms with Crippen molar-refractivity contribution in [1.82, 2.24) is 20.1 Å². The molecule has 0 radical (unpaired) electrons. The number of para-hydroxylation sites is 1. The second-order valence-corrected chi connectivity index (χ2v) is 4.95. The maximum atomic E-state index is 4.72. The van der Waals surface area contributed by atoms with Crippen LogP contribution in [0.25, 0.3) is 10.9 Å². The number of aromatic nitrogens is 3. The molecule has 2 heterocycles. The molecule has 0 aliphatic heterocycles. The zero-order valence-corrected chi connectivity index (χ0v) is 11.7. The molecule has 0 aliphatic rings. The third kappa shape index (κ3) is 2.56. The van der Waals surface area contributed by atoms with Crippen molar-refractivity contribution in [2.24, 2.45) is 7.05 Å². The number of rotatable bonds is 4. The van der Waals surface area contributed by atoms with Crippen LogP contribution in [0.1, 0.15) is 17.4 Å². The first-order valence-corrected chi connectivity index (χ1v) is 6.78. The van der Waals surface area contributed by atoms with E-state index in [9.17, 15) is 0 Å². The Labute approximate surface area is 118 Å². The molecule has 1 aromatic carbocycles. The molecule has 1 atom stereocenters. The van der Waals surface area contributed by atoms with Crippen molar-refractivity contribution < 1.29 is 0 Å². The Morgan fingerprint density at radius 3 is 2.75 bits per heavy atom. The first-order valence-electron chi connectivity index (χ1n) is 6.78. The Kier molecular flexibility index (Phi) is 3.48. The number of hydrogen-bond donors (Lipinski definition) is 1. The van der Waals surface area contributed by atoms with Gasteiger partial charge >= 0.3 is 0 Å². The molecule has 0 aliphatic carbocycles. The summed E-state index contributed by atoms with van der Waals surface area (Å²) in [6.07, 6.45) is 2.80. The number of nitrogens with one attached hydrogen (secondary N) is 1. The first kappa shape index (κ1) is 12.8. The summed E-state index contributed by atoms with van der Waals surface area (Å²) >= 11 is 0. The highest BCUT2D eigenvalue weighted by Crippen LogP contribution is 2.18. The molecule has 0 amide bonds. The molecule has 0 saturated heterocycles. The van der Waals surface area contributed by atoms with Gasteiger partial charge in [-0.3, -0.25) is 9.67 Å². The predicted octanol–water partition coefficient (Wildman–Crippen LogP) is 2.47. The summed E-state index contributed by atoms with van der Waals surface area (Å²) in [6.45, 7) is 0. The van der Waals surface area contributed by atoms with E-state index in [1.165, 1.54) is 5.39 Å². The van der Waals surface area contributed by atoms with Gasteiger partial charge in [-0.2, -0.15) is 5.10 Å². The fraction of sp³-hybridized carbons (Fsp3) is 0.250. The van der Waals surface area contributed by atoms with E-state index < -0.39 is 0 Å². The van der Waals surface area contributed by atoms with Gasteiger partial charge in [-0.05, 0) is 25.2 Å². The molecule has 3 aromatic rings. The number of nitrogens with zero attached hydrogens (tertiary/aromatic N) is 3. The Morgan fingerprint density at radius 1 is 1.15 bits per heavy atom. The van der Waals surface area contributed by atoms with Crippen molar-refractivity contribution in [3.63, 3.8) is 0 Å². The molecule has 0 spiro atoms. The minimum absolute atomic E-state index is 0.185. The van der Waals surface area contributed by atoms with Gasteiger partial charge in [0.15, 0.2) is 0 Å². The van der Waals surface area contributed by atoms with E-state index in [2.05, 4.69) is 28.6 Å². The van der Waals surface area contributed by atoms with Gasteiger partial charge in [0.1, 0.15) is 0 Å². The van der Waals surface area contributed by atoms with Crippen molar-refractivity contribution in [2.45, 2.75) is 12.5 Å². The quantitative estimate of drug-likeness (QED) is 0.789. The lowest BCUT2D eigenvalue weighted by Gasteiger charge is -2.13. The Balaban J connectivity index is 1.87. The molecule has 2 aromatic heterocycles. The van der Waals surface area contributed by atoms with Crippen LogP contribution in [0.3, 0.4) is 0 Å². The molecular weight excluding hydrogens is 248 g/mol. The molecule has 1 N–H and O–H groups in total. The van der Waals surface area contributed by atoms with Gasteiger partial charge in [-0.1, -0.05) is 24.3 Å². The molecule has 0 saturated carbocycles. The smallest absolute Gasteiger partial charge is 0.0797 e. The highest BCUT2D eigenvalue weighted by Gasteiger charge is 2.13. The van der Waals surface area contributed by atoms with Crippen molar-refractivity contribution >= 4 is 10.9 Å². The Morgan fingerprint density at radius 2 is 2.00 bits per heavy atom. The van der Waals surface area contributed by atoms with Crippen LogP contribution >= 0.6 is 0 Å². The summed E-state index contributed by atoms with van der Waals surface area (Å²) < 4.78 is 1.83. The van der Waals surface area contributed by atoms with Crippen molar-refractivity contribution in [3.05, 3.63) is 60.0 Å².